The highest BCUT2D eigenvalue weighted by atomic mass is 19.4. The zero-order chi connectivity index (χ0) is 16.4. The maximum Gasteiger partial charge on any atom is 0.434 e. The van der Waals surface area contributed by atoms with E-state index in [1.165, 1.54) is 0 Å². The van der Waals surface area contributed by atoms with Crippen LogP contribution in [0.3, 0.4) is 0 Å². The maximum absolute atomic E-state index is 12.3. The van der Waals surface area contributed by atoms with E-state index in [1.807, 2.05) is 0 Å². The van der Waals surface area contributed by atoms with E-state index in [0.29, 0.717) is 6.33 Å². The van der Waals surface area contributed by atoms with Crippen LogP contribution in [0.25, 0.3) is 0 Å². The van der Waals surface area contributed by atoms with Crippen molar-refractivity contribution in [1.29, 1.82) is 0 Å². The van der Waals surface area contributed by atoms with Gasteiger partial charge in [-0.2, -0.15) is 31.3 Å². The van der Waals surface area contributed by atoms with Gasteiger partial charge in [0.25, 0.3) is 6.10 Å². The highest BCUT2D eigenvalue weighted by molar-refractivity contribution is 5.60. The molecule has 1 rings (SSSR count). The van der Waals surface area contributed by atoms with Crippen LogP contribution < -0.4 is 16.0 Å². The van der Waals surface area contributed by atoms with Gasteiger partial charge in [0.1, 0.15) is 6.33 Å². The molecule has 0 radical (unpaired) electrons. The Bertz CT molecular complexity index is 518. The highest BCUT2D eigenvalue weighted by Gasteiger charge is 2.60. The van der Waals surface area contributed by atoms with Crippen LogP contribution in [0.15, 0.2) is 6.33 Å². The minimum absolute atomic E-state index is 0.446. The summed E-state index contributed by atoms with van der Waals surface area (Å²) in [5.41, 5.74) is 0.270. The molecule has 1 aromatic heterocycles. The highest BCUT2D eigenvalue weighted by Crippen LogP contribution is 2.39. The summed E-state index contributed by atoms with van der Waals surface area (Å²) < 4.78 is 77.6. The number of alkyl halides is 6. The third kappa shape index (κ3) is 3.80. The Morgan fingerprint density at radius 1 is 1.24 bits per heavy atom. The molecule has 21 heavy (non-hydrogen) atoms. The fourth-order valence-corrected chi connectivity index (χ4v) is 1.15. The van der Waals surface area contributed by atoms with E-state index in [4.69, 9.17) is 5.84 Å². The van der Waals surface area contributed by atoms with Crippen LogP contribution in [0.1, 0.15) is 0 Å². The molecule has 0 atom stereocenters. The van der Waals surface area contributed by atoms with Crippen molar-refractivity contribution in [2.24, 2.45) is 5.84 Å². The van der Waals surface area contributed by atoms with E-state index in [-0.39, 0.29) is 0 Å². The van der Waals surface area contributed by atoms with Crippen molar-refractivity contribution in [3.8, 4) is 5.88 Å². The Balaban J connectivity index is 3.31. The van der Waals surface area contributed by atoms with Gasteiger partial charge in [-0.3, -0.25) is 10.1 Å². The van der Waals surface area contributed by atoms with Crippen LogP contribution in [-0.2, 0) is 0 Å². The molecule has 0 saturated carbocycles. The summed E-state index contributed by atoms with van der Waals surface area (Å²) >= 11 is 0. The quantitative estimate of drug-likeness (QED) is 0.374. The third-order valence-electron chi connectivity index (χ3n) is 1.93. The molecular formula is C7H5F6N5O3. The number of nitrogens with two attached hydrogens (primary N) is 1. The Morgan fingerprint density at radius 2 is 1.76 bits per heavy atom. The predicted octanol–water partition coefficient (Wildman–Crippen LogP) is 1.54. The van der Waals surface area contributed by atoms with Crippen molar-refractivity contribution in [3.63, 3.8) is 0 Å². The summed E-state index contributed by atoms with van der Waals surface area (Å²) in [6.45, 7) is 0. The van der Waals surface area contributed by atoms with Gasteiger partial charge in [0.15, 0.2) is 0 Å². The maximum atomic E-state index is 12.3. The molecule has 0 spiro atoms. The van der Waals surface area contributed by atoms with Crippen molar-refractivity contribution in [2.75, 3.05) is 5.43 Å². The Morgan fingerprint density at radius 3 is 2.14 bits per heavy atom. The van der Waals surface area contributed by atoms with Crippen molar-refractivity contribution in [3.05, 3.63) is 16.4 Å². The van der Waals surface area contributed by atoms with E-state index in [2.05, 4.69) is 14.7 Å². The van der Waals surface area contributed by atoms with E-state index in [1.54, 1.807) is 5.43 Å². The first-order valence-corrected chi connectivity index (χ1v) is 4.74. The molecule has 0 fully saturated rings. The van der Waals surface area contributed by atoms with Gasteiger partial charge in [0.2, 0.25) is 5.82 Å². The number of anilines is 1. The topological polar surface area (TPSA) is 116 Å². The van der Waals surface area contributed by atoms with Crippen LogP contribution in [0.2, 0.25) is 0 Å². The SMILES string of the molecule is NNc1ncnc(OC(C(F)(F)F)C(F)(F)F)c1[N+](=O)[O-]. The molecule has 0 aliphatic rings. The molecule has 1 heterocycles. The fraction of sp³-hybridized carbons (Fsp3) is 0.429. The lowest BCUT2D eigenvalue weighted by molar-refractivity contribution is -0.387. The number of nitrogens with one attached hydrogen (secondary N) is 1. The monoisotopic (exact) mass is 321 g/mol. The minimum Gasteiger partial charge on any atom is -0.450 e. The molecule has 0 unspecified atom stereocenters. The lowest BCUT2D eigenvalue weighted by Gasteiger charge is -2.23. The second kappa shape index (κ2) is 5.55. The normalized spacial score (nSPS) is 12.4. The molecule has 0 aliphatic heterocycles. The predicted molar refractivity (Wildman–Crippen MR) is 53.0 cm³/mol. The molecule has 14 heteroatoms. The second-order valence-electron chi connectivity index (χ2n) is 3.36. The smallest absolute Gasteiger partial charge is 0.434 e. The summed E-state index contributed by atoms with van der Waals surface area (Å²) in [6, 6.07) is 0. The average molecular weight is 321 g/mol. The van der Waals surface area contributed by atoms with E-state index >= 15 is 0 Å². The summed E-state index contributed by atoms with van der Waals surface area (Å²) in [7, 11) is 0. The van der Waals surface area contributed by atoms with Crippen LogP contribution in [0, 0.1) is 10.1 Å². The molecule has 3 N–H and O–H groups in total. The zero-order valence-electron chi connectivity index (χ0n) is 9.57. The van der Waals surface area contributed by atoms with Crippen LogP contribution >= 0.6 is 0 Å². The van der Waals surface area contributed by atoms with Gasteiger partial charge < -0.3 is 10.2 Å². The lowest BCUT2D eigenvalue weighted by Crippen LogP contribution is -2.46. The van der Waals surface area contributed by atoms with Crippen LogP contribution in [-0.4, -0.2) is 33.3 Å². The molecular weight excluding hydrogens is 316 g/mol. The minimum atomic E-state index is -5.85. The Labute approximate surface area is 111 Å². The number of hydrogen-bond acceptors (Lipinski definition) is 7. The van der Waals surface area contributed by atoms with E-state index in [0.717, 1.165) is 0 Å². The number of nitrogens with zero attached hydrogens (tertiary/aromatic N) is 3. The molecule has 118 valence electrons. The van der Waals surface area contributed by atoms with E-state index < -0.39 is 40.8 Å². The first kappa shape index (κ1) is 16.7. The van der Waals surface area contributed by atoms with Gasteiger partial charge in [-0.1, -0.05) is 0 Å². The second-order valence-corrected chi connectivity index (χ2v) is 3.36. The molecule has 0 aromatic carbocycles. The summed E-state index contributed by atoms with van der Waals surface area (Å²) in [6.07, 6.45) is -15.5. The number of halogens is 6. The molecule has 8 nitrogen and oxygen atoms in total. The molecule has 0 amide bonds. The first-order chi connectivity index (χ1) is 9.48. The van der Waals surface area contributed by atoms with Crippen molar-refractivity contribution >= 4 is 11.5 Å². The number of hydrogen-bond donors (Lipinski definition) is 2. The lowest BCUT2D eigenvalue weighted by atomic mass is 10.3. The van der Waals surface area contributed by atoms with Gasteiger partial charge in [0, 0.05) is 0 Å². The Kier molecular flexibility index (Phi) is 4.40. The van der Waals surface area contributed by atoms with Crippen LogP contribution in [0.5, 0.6) is 5.88 Å². The summed E-state index contributed by atoms with van der Waals surface area (Å²) in [5, 5.41) is 10.7. The average Bonchev–Trinajstić information content (AvgIpc) is 2.32. The number of rotatable bonds is 4. The standard InChI is InChI=1S/C7H5F6N5O3/c8-6(9,10)5(7(11,12)13)21-4-2(18(19)20)3(17-14)15-1-16-4/h1,5H,14H2,(H,15,16,17). The van der Waals surface area contributed by atoms with Crippen molar-refractivity contribution in [1.82, 2.24) is 9.97 Å². The number of aromatic nitrogens is 2. The molecule has 1 aromatic rings. The largest absolute Gasteiger partial charge is 0.450 e. The molecule has 0 saturated heterocycles. The van der Waals surface area contributed by atoms with Crippen molar-refractivity contribution < 1.29 is 36.0 Å². The van der Waals surface area contributed by atoms with Gasteiger partial charge in [-0.25, -0.2) is 10.8 Å². The molecule has 0 aliphatic carbocycles. The summed E-state index contributed by atoms with van der Waals surface area (Å²) in [5.74, 6) is 2.48. The number of nitro groups is 1. The third-order valence-corrected chi connectivity index (χ3v) is 1.93. The van der Waals surface area contributed by atoms with Gasteiger partial charge >= 0.3 is 23.9 Å². The number of nitrogen functional groups attached to an aromatic ring is 1. The fourth-order valence-electron chi connectivity index (χ4n) is 1.15. The number of hydrazine groups is 1. The Hall–Kier alpha value is -2.38. The summed E-state index contributed by atoms with van der Waals surface area (Å²) in [4.78, 5) is 15.4. The van der Waals surface area contributed by atoms with Gasteiger partial charge in [-0.05, 0) is 0 Å². The van der Waals surface area contributed by atoms with Crippen LogP contribution in [0.4, 0.5) is 37.8 Å². The zero-order valence-corrected chi connectivity index (χ0v) is 9.57. The van der Waals surface area contributed by atoms with Crippen molar-refractivity contribution in [2.45, 2.75) is 18.5 Å². The number of ether oxygens (including phenoxy) is 1. The van der Waals surface area contributed by atoms with Gasteiger partial charge in [0.05, 0.1) is 4.92 Å². The first-order valence-electron chi connectivity index (χ1n) is 4.74. The van der Waals surface area contributed by atoms with Gasteiger partial charge in [-0.15, -0.1) is 0 Å². The molecule has 0 bridgehead atoms. The van der Waals surface area contributed by atoms with E-state index in [9.17, 15) is 36.5 Å².